The quantitative estimate of drug-likeness (QED) is 0.222. The summed E-state index contributed by atoms with van der Waals surface area (Å²) >= 11 is 0. The van der Waals surface area contributed by atoms with Crippen LogP contribution < -0.4 is 4.74 Å². The van der Waals surface area contributed by atoms with Crippen molar-refractivity contribution < 1.29 is 22.7 Å². The maximum atomic E-state index is 14.6. The van der Waals surface area contributed by atoms with Gasteiger partial charge in [-0.25, -0.2) is 18.0 Å². The maximum absolute atomic E-state index is 14.6. The molecule has 0 saturated heterocycles. The van der Waals surface area contributed by atoms with Crippen molar-refractivity contribution >= 4 is 5.97 Å². The molecule has 0 unspecified atom stereocenters. The van der Waals surface area contributed by atoms with E-state index in [-0.39, 0.29) is 5.56 Å². The van der Waals surface area contributed by atoms with Crippen molar-refractivity contribution in [1.82, 2.24) is 0 Å². The lowest BCUT2D eigenvalue weighted by Crippen LogP contribution is -2.15. The fourth-order valence-corrected chi connectivity index (χ4v) is 4.62. The number of benzene rings is 2. The summed E-state index contributed by atoms with van der Waals surface area (Å²) in [5, 5.41) is 8.70. The number of nitrogens with zero attached hydrogens (tertiary/aromatic N) is 1. The minimum atomic E-state index is -1.15. The van der Waals surface area contributed by atoms with E-state index in [1.165, 1.54) is 69.6 Å². The van der Waals surface area contributed by atoms with E-state index in [0.717, 1.165) is 36.5 Å². The molecule has 1 aliphatic carbocycles. The Morgan fingerprint density at radius 3 is 2.18 bits per heavy atom. The summed E-state index contributed by atoms with van der Waals surface area (Å²) in [6.45, 7) is 2.23. The molecule has 0 radical (unpaired) electrons. The molecular formula is C27H30F3NO2. The van der Waals surface area contributed by atoms with Crippen LogP contribution in [-0.4, -0.2) is 5.97 Å². The molecule has 0 aromatic heterocycles. The Bertz CT molecular complexity index is 984. The zero-order valence-electron chi connectivity index (χ0n) is 19.0. The van der Waals surface area contributed by atoms with E-state index in [9.17, 15) is 18.0 Å². The molecule has 1 aliphatic rings. The highest BCUT2D eigenvalue weighted by Gasteiger charge is 2.21. The Morgan fingerprint density at radius 2 is 1.61 bits per heavy atom. The molecule has 0 atom stereocenters. The Balaban J connectivity index is 1.52. The molecule has 0 amide bonds. The number of rotatable bonds is 9. The van der Waals surface area contributed by atoms with Crippen molar-refractivity contribution in [3.05, 3.63) is 64.5 Å². The molecule has 1 fully saturated rings. The summed E-state index contributed by atoms with van der Waals surface area (Å²) < 4.78 is 46.9. The highest BCUT2D eigenvalue weighted by atomic mass is 19.1. The van der Waals surface area contributed by atoms with Gasteiger partial charge in [0.05, 0.1) is 5.56 Å². The van der Waals surface area contributed by atoms with Crippen LogP contribution in [0.3, 0.4) is 0 Å². The van der Waals surface area contributed by atoms with Crippen LogP contribution in [0, 0.1) is 40.6 Å². The van der Waals surface area contributed by atoms with Crippen molar-refractivity contribution in [1.29, 1.82) is 5.26 Å². The van der Waals surface area contributed by atoms with Gasteiger partial charge in [-0.3, -0.25) is 0 Å². The fourth-order valence-electron chi connectivity index (χ4n) is 4.62. The van der Waals surface area contributed by atoms with E-state index >= 15 is 0 Å². The number of hydrogen-bond donors (Lipinski definition) is 0. The van der Waals surface area contributed by atoms with Crippen molar-refractivity contribution in [2.45, 2.75) is 71.1 Å². The van der Waals surface area contributed by atoms with Crippen molar-refractivity contribution in [3.63, 3.8) is 0 Å². The molecule has 0 bridgehead atoms. The van der Waals surface area contributed by atoms with Crippen molar-refractivity contribution in [3.8, 4) is 11.8 Å². The van der Waals surface area contributed by atoms with E-state index in [2.05, 4.69) is 6.92 Å². The molecule has 6 heteroatoms. The van der Waals surface area contributed by atoms with Gasteiger partial charge >= 0.3 is 5.97 Å². The molecular weight excluding hydrogens is 427 g/mol. The van der Waals surface area contributed by atoms with Gasteiger partial charge in [0.1, 0.15) is 34.8 Å². The molecule has 0 spiro atoms. The van der Waals surface area contributed by atoms with Crippen LogP contribution in [0.15, 0.2) is 30.3 Å². The largest absolute Gasteiger partial charge is 0.423 e. The van der Waals surface area contributed by atoms with E-state index in [0.29, 0.717) is 5.92 Å². The van der Waals surface area contributed by atoms with Crippen LogP contribution in [0.25, 0.3) is 0 Å². The highest BCUT2D eigenvalue weighted by Crippen LogP contribution is 2.34. The standard InChI is InChI=1S/C27H30F3NO2/c1-2-3-4-5-18-6-8-19(9-7-18)10-11-20-12-13-22(24(28)14-20)27(32)33-21-15-25(29)23(17-31)26(30)16-21/h12-16,18-19H,2-11H2,1H3. The molecule has 0 N–H and O–H groups in total. The lowest BCUT2D eigenvalue weighted by Gasteiger charge is -2.28. The highest BCUT2D eigenvalue weighted by molar-refractivity contribution is 5.91. The number of unbranched alkanes of at least 4 members (excludes halogenated alkanes) is 2. The first kappa shape index (κ1) is 24.8. The maximum Gasteiger partial charge on any atom is 0.346 e. The van der Waals surface area contributed by atoms with Crippen LogP contribution in [0.5, 0.6) is 5.75 Å². The summed E-state index contributed by atoms with van der Waals surface area (Å²) in [6, 6.07) is 7.20. The predicted octanol–water partition coefficient (Wildman–Crippen LogP) is 7.51. The minimum absolute atomic E-state index is 0.309. The SMILES string of the molecule is CCCCCC1CCC(CCc2ccc(C(=O)Oc3cc(F)c(C#N)c(F)c3)c(F)c2)CC1. The second-order valence-electron chi connectivity index (χ2n) is 9.00. The van der Waals surface area contributed by atoms with E-state index in [1.54, 1.807) is 6.07 Å². The van der Waals surface area contributed by atoms with Gasteiger partial charge in [0.2, 0.25) is 0 Å². The van der Waals surface area contributed by atoms with Gasteiger partial charge in [-0.05, 0) is 42.4 Å². The number of halogens is 3. The zero-order valence-corrected chi connectivity index (χ0v) is 19.0. The van der Waals surface area contributed by atoms with Crippen LogP contribution in [-0.2, 0) is 6.42 Å². The number of esters is 1. The zero-order chi connectivity index (χ0) is 23.8. The molecule has 0 aliphatic heterocycles. The van der Waals surface area contributed by atoms with Gasteiger partial charge in [-0.15, -0.1) is 0 Å². The van der Waals surface area contributed by atoms with Crippen LogP contribution in [0.4, 0.5) is 13.2 Å². The number of aryl methyl sites for hydroxylation is 1. The smallest absolute Gasteiger partial charge is 0.346 e. The molecule has 1 saturated carbocycles. The third-order valence-electron chi connectivity index (χ3n) is 6.61. The summed E-state index contributed by atoms with van der Waals surface area (Å²) in [7, 11) is 0. The van der Waals surface area contributed by atoms with Gasteiger partial charge < -0.3 is 4.74 Å². The Labute approximate surface area is 193 Å². The van der Waals surface area contributed by atoms with Gasteiger partial charge in [0, 0.05) is 12.1 Å². The van der Waals surface area contributed by atoms with Gasteiger partial charge in [0.25, 0.3) is 0 Å². The molecule has 33 heavy (non-hydrogen) atoms. The molecule has 3 rings (SSSR count). The summed E-state index contributed by atoms with van der Waals surface area (Å²) in [5.41, 5.74) is -0.267. The number of carbonyl (C=O) groups excluding carboxylic acids is 1. The first-order valence-electron chi connectivity index (χ1n) is 11.8. The number of ether oxygens (including phenoxy) is 1. The Kier molecular flexibility index (Phi) is 8.94. The molecule has 0 heterocycles. The summed E-state index contributed by atoms with van der Waals surface area (Å²) in [6.07, 6.45) is 12.0. The van der Waals surface area contributed by atoms with Crippen LogP contribution >= 0.6 is 0 Å². The third kappa shape index (κ3) is 6.83. The lowest BCUT2D eigenvalue weighted by molar-refractivity contribution is 0.0729. The Morgan fingerprint density at radius 1 is 0.970 bits per heavy atom. The predicted molar refractivity (Wildman–Crippen MR) is 120 cm³/mol. The monoisotopic (exact) mass is 457 g/mol. The second-order valence-corrected chi connectivity index (χ2v) is 9.00. The first-order valence-corrected chi connectivity index (χ1v) is 11.8. The van der Waals surface area contributed by atoms with Gasteiger partial charge in [-0.2, -0.15) is 5.26 Å². The fraction of sp³-hybridized carbons (Fsp3) is 0.481. The third-order valence-corrected chi connectivity index (χ3v) is 6.61. The summed E-state index contributed by atoms with van der Waals surface area (Å²) in [4.78, 5) is 12.3. The average Bonchev–Trinajstić information content (AvgIpc) is 2.78. The number of hydrogen-bond acceptors (Lipinski definition) is 3. The van der Waals surface area contributed by atoms with Gasteiger partial charge in [0.15, 0.2) is 0 Å². The Hall–Kier alpha value is -2.81. The van der Waals surface area contributed by atoms with E-state index in [1.807, 2.05) is 0 Å². The van der Waals surface area contributed by atoms with Crippen molar-refractivity contribution in [2.75, 3.05) is 0 Å². The number of nitriles is 1. The first-order chi connectivity index (χ1) is 15.9. The van der Waals surface area contributed by atoms with E-state index in [4.69, 9.17) is 10.00 Å². The molecule has 176 valence electrons. The molecule has 2 aromatic carbocycles. The van der Waals surface area contributed by atoms with Crippen LogP contribution in [0.2, 0.25) is 0 Å². The molecule has 3 nitrogen and oxygen atoms in total. The normalized spacial score (nSPS) is 18.0. The summed E-state index contributed by atoms with van der Waals surface area (Å²) in [5.74, 6) is -2.99. The minimum Gasteiger partial charge on any atom is -0.423 e. The number of carbonyl (C=O) groups is 1. The lowest BCUT2D eigenvalue weighted by atomic mass is 9.78. The van der Waals surface area contributed by atoms with Gasteiger partial charge in [-0.1, -0.05) is 64.4 Å². The van der Waals surface area contributed by atoms with Crippen LogP contribution in [0.1, 0.15) is 86.2 Å². The molecule has 2 aromatic rings. The average molecular weight is 458 g/mol. The van der Waals surface area contributed by atoms with E-state index < -0.39 is 34.7 Å². The van der Waals surface area contributed by atoms with Crippen molar-refractivity contribution in [2.24, 2.45) is 11.8 Å². The topological polar surface area (TPSA) is 50.1 Å². The second kappa shape index (κ2) is 11.9.